The van der Waals surface area contributed by atoms with Gasteiger partial charge in [0.2, 0.25) is 0 Å². The molecule has 0 fully saturated rings. The largest absolute Gasteiger partial charge is 0.465 e. The van der Waals surface area contributed by atoms with Crippen LogP contribution in [0.3, 0.4) is 0 Å². The summed E-state index contributed by atoms with van der Waals surface area (Å²) in [5, 5.41) is 2.93. The predicted octanol–water partition coefficient (Wildman–Crippen LogP) is 2.26. The first-order valence-electron chi connectivity index (χ1n) is 5.14. The number of allylic oxidation sites excluding steroid dienone is 2. The lowest BCUT2D eigenvalue weighted by Gasteiger charge is -2.17. The van der Waals surface area contributed by atoms with Crippen molar-refractivity contribution in [1.29, 1.82) is 0 Å². The highest BCUT2D eigenvalue weighted by molar-refractivity contribution is 5.78. The highest BCUT2D eigenvalue weighted by atomic mass is 16.5. The average Bonchev–Trinajstić information content (AvgIpc) is 2.16. The van der Waals surface area contributed by atoms with Crippen LogP contribution in [0.2, 0.25) is 0 Å². The fourth-order valence-corrected chi connectivity index (χ4v) is 1.00. The molecule has 0 bridgehead atoms. The van der Waals surface area contributed by atoms with E-state index in [4.69, 9.17) is 4.74 Å². The van der Waals surface area contributed by atoms with E-state index in [-0.39, 0.29) is 5.97 Å². The standard InChI is InChI=1S/C12H21NO2/c1-6-15-11(14)12(3,4)8-7-10(2)9-13-5/h7-9,13H,6H2,1-5H3/b8-7-,10-9+. The number of carbonyl (C=O) groups is 1. The normalized spacial score (nSPS) is 13.0. The van der Waals surface area contributed by atoms with Crippen LogP contribution in [0.25, 0.3) is 0 Å². The number of hydrogen-bond acceptors (Lipinski definition) is 3. The predicted molar refractivity (Wildman–Crippen MR) is 62.4 cm³/mol. The van der Waals surface area contributed by atoms with Crippen molar-refractivity contribution in [2.24, 2.45) is 5.41 Å². The van der Waals surface area contributed by atoms with Crippen molar-refractivity contribution >= 4 is 5.97 Å². The zero-order valence-electron chi connectivity index (χ0n) is 10.3. The molecule has 0 aliphatic rings. The molecule has 0 saturated carbocycles. The summed E-state index contributed by atoms with van der Waals surface area (Å²) in [5.41, 5.74) is 0.494. The van der Waals surface area contributed by atoms with Gasteiger partial charge in [0.15, 0.2) is 0 Å². The number of ether oxygens (including phenoxy) is 1. The van der Waals surface area contributed by atoms with E-state index in [0.717, 1.165) is 5.57 Å². The van der Waals surface area contributed by atoms with E-state index in [1.54, 1.807) is 0 Å². The first kappa shape index (κ1) is 13.8. The summed E-state index contributed by atoms with van der Waals surface area (Å²) in [5.74, 6) is -0.196. The van der Waals surface area contributed by atoms with Crippen LogP contribution >= 0.6 is 0 Å². The molecule has 0 rings (SSSR count). The first-order valence-corrected chi connectivity index (χ1v) is 5.14. The fraction of sp³-hybridized carbons (Fsp3) is 0.583. The Balaban J connectivity index is 4.49. The van der Waals surface area contributed by atoms with Crippen LogP contribution in [0.5, 0.6) is 0 Å². The molecule has 3 nitrogen and oxygen atoms in total. The second-order valence-corrected chi connectivity index (χ2v) is 3.95. The Hall–Kier alpha value is -1.25. The zero-order valence-corrected chi connectivity index (χ0v) is 10.3. The SMILES string of the molecule is CCOC(=O)C(C)(C)/C=C\C(C)=C\NC. The van der Waals surface area contributed by atoms with Gasteiger partial charge in [-0.25, -0.2) is 0 Å². The van der Waals surface area contributed by atoms with E-state index in [1.807, 2.05) is 53.1 Å². The maximum atomic E-state index is 11.5. The Morgan fingerprint density at radius 2 is 2.07 bits per heavy atom. The van der Waals surface area contributed by atoms with Crippen LogP contribution in [-0.2, 0) is 9.53 Å². The highest BCUT2D eigenvalue weighted by Gasteiger charge is 2.25. The third kappa shape index (κ3) is 5.25. The summed E-state index contributed by atoms with van der Waals surface area (Å²) in [6.45, 7) is 7.88. The molecule has 0 unspecified atom stereocenters. The Kier molecular flexibility index (Phi) is 5.75. The van der Waals surface area contributed by atoms with Gasteiger partial charge in [-0.15, -0.1) is 0 Å². The third-order valence-corrected chi connectivity index (χ3v) is 1.94. The van der Waals surface area contributed by atoms with Gasteiger partial charge in [-0.2, -0.15) is 0 Å². The molecule has 1 N–H and O–H groups in total. The quantitative estimate of drug-likeness (QED) is 0.560. The van der Waals surface area contributed by atoms with Gasteiger partial charge in [-0.3, -0.25) is 4.79 Å². The van der Waals surface area contributed by atoms with Gasteiger partial charge in [0, 0.05) is 7.05 Å². The van der Waals surface area contributed by atoms with Crippen LogP contribution in [-0.4, -0.2) is 19.6 Å². The zero-order chi connectivity index (χ0) is 11.9. The van der Waals surface area contributed by atoms with Crippen LogP contribution < -0.4 is 5.32 Å². The van der Waals surface area contributed by atoms with E-state index < -0.39 is 5.41 Å². The third-order valence-electron chi connectivity index (χ3n) is 1.94. The lowest BCUT2D eigenvalue weighted by atomic mass is 9.92. The molecule has 0 spiro atoms. The van der Waals surface area contributed by atoms with E-state index in [9.17, 15) is 4.79 Å². The van der Waals surface area contributed by atoms with Crippen molar-refractivity contribution in [3.05, 3.63) is 23.9 Å². The lowest BCUT2D eigenvalue weighted by molar-refractivity contribution is -0.150. The molecule has 0 radical (unpaired) electrons. The molecule has 0 atom stereocenters. The summed E-state index contributed by atoms with van der Waals surface area (Å²) >= 11 is 0. The maximum Gasteiger partial charge on any atom is 0.315 e. The first-order chi connectivity index (χ1) is 6.94. The summed E-state index contributed by atoms with van der Waals surface area (Å²) < 4.78 is 4.97. The van der Waals surface area contributed by atoms with E-state index in [2.05, 4.69) is 5.32 Å². The minimum absolute atomic E-state index is 0.196. The Bertz CT molecular complexity index is 265. The second kappa shape index (κ2) is 6.27. The van der Waals surface area contributed by atoms with Crippen molar-refractivity contribution in [3.8, 4) is 0 Å². The molecule has 86 valence electrons. The minimum atomic E-state index is -0.571. The molecule has 0 amide bonds. The topological polar surface area (TPSA) is 38.3 Å². The summed E-state index contributed by atoms with van der Waals surface area (Å²) in [4.78, 5) is 11.5. The van der Waals surface area contributed by atoms with Gasteiger partial charge in [-0.1, -0.05) is 12.2 Å². The van der Waals surface area contributed by atoms with Gasteiger partial charge < -0.3 is 10.1 Å². The van der Waals surface area contributed by atoms with Crippen molar-refractivity contribution in [2.45, 2.75) is 27.7 Å². The summed E-state index contributed by atoms with van der Waals surface area (Å²) in [7, 11) is 1.84. The van der Waals surface area contributed by atoms with E-state index in [0.29, 0.717) is 6.61 Å². The van der Waals surface area contributed by atoms with Crippen LogP contribution in [0.4, 0.5) is 0 Å². The number of nitrogens with one attached hydrogen (secondary N) is 1. The van der Waals surface area contributed by atoms with Crippen LogP contribution in [0, 0.1) is 5.41 Å². The Morgan fingerprint density at radius 1 is 1.47 bits per heavy atom. The van der Waals surface area contributed by atoms with Crippen molar-refractivity contribution in [1.82, 2.24) is 5.32 Å². The maximum absolute atomic E-state index is 11.5. The summed E-state index contributed by atoms with van der Waals surface area (Å²) in [6, 6.07) is 0. The van der Waals surface area contributed by atoms with E-state index >= 15 is 0 Å². The smallest absolute Gasteiger partial charge is 0.315 e. The number of hydrogen-bond donors (Lipinski definition) is 1. The number of carbonyl (C=O) groups excluding carboxylic acids is 1. The molecule has 0 saturated heterocycles. The van der Waals surface area contributed by atoms with Gasteiger partial charge in [-0.05, 0) is 39.5 Å². The molecule has 0 aliphatic heterocycles. The average molecular weight is 211 g/mol. The Labute approximate surface area is 92.2 Å². The molecule has 0 aliphatic carbocycles. The van der Waals surface area contributed by atoms with Gasteiger partial charge >= 0.3 is 5.97 Å². The van der Waals surface area contributed by atoms with Crippen molar-refractivity contribution < 1.29 is 9.53 Å². The second-order valence-electron chi connectivity index (χ2n) is 3.95. The number of esters is 1. The van der Waals surface area contributed by atoms with Gasteiger partial charge in [0.1, 0.15) is 0 Å². The molecule has 15 heavy (non-hydrogen) atoms. The van der Waals surface area contributed by atoms with Gasteiger partial charge in [0.05, 0.1) is 12.0 Å². The van der Waals surface area contributed by atoms with Crippen molar-refractivity contribution in [2.75, 3.05) is 13.7 Å². The highest BCUT2D eigenvalue weighted by Crippen LogP contribution is 2.20. The van der Waals surface area contributed by atoms with Crippen molar-refractivity contribution in [3.63, 3.8) is 0 Å². The summed E-state index contributed by atoms with van der Waals surface area (Å²) in [6.07, 6.45) is 5.64. The Morgan fingerprint density at radius 3 is 2.53 bits per heavy atom. The molecular weight excluding hydrogens is 190 g/mol. The van der Waals surface area contributed by atoms with Crippen LogP contribution in [0.1, 0.15) is 27.7 Å². The molecule has 3 heteroatoms. The monoisotopic (exact) mass is 211 g/mol. The molecular formula is C12H21NO2. The fourth-order valence-electron chi connectivity index (χ4n) is 1.00. The number of rotatable bonds is 5. The van der Waals surface area contributed by atoms with Gasteiger partial charge in [0.25, 0.3) is 0 Å². The molecule has 0 aromatic carbocycles. The molecule has 0 heterocycles. The molecule has 0 aromatic rings. The lowest BCUT2D eigenvalue weighted by Crippen LogP contribution is -2.24. The van der Waals surface area contributed by atoms with E-state index in [1.165, 1.54) is 0 Å². The molecule has 0 aromatic heterocycles. The van der Waals surface area contributed by atoms with Crippen LogP contribution in [0.15, 0.2) is 23.9 Å². The minimum Gasteiger partial charge on any atom is -0.465 e.